The van der Waals surface area contributed by atoms with Crippen LogP contribution in [0.25, 0.3) is 0 Å². The predicted molar refractivity (Wildman–Crippen MR) is 75.3 cm³/mol. The van der Waals surface area contributed by atoms with Gasteiger partial charge in [-0.2, -0.15) is 0 Å². The summed E-state index contributed by atoms with van der Waals surface area (Å²) >= 11 is 3.17. The Morgan fingerprint density at radius 1 is 1.58 bits per heavy atom. The largest absolute Gasteiger partial charge is 0.481 e. The molecule has 0 spiro atoms. The van der Waals surface area contributed by atoms with Crippen molar-refractivity contribution < 1.29 is 14.7 Å². The third-order valence-corrected chi connectivity index (χ3v) is 4.69. The molecule has 1 aromatic rings. The minimum atomic E-state index is -0.787. The third kappa shape index (κ3) is 4.21. The SMILES string of the molecule is Cc1nc(CSCC(=O)N2CC(CC(=O)O)C2)cs1. The van der Waals surface area contributed by atoms with Crippen molar-refractivity contribution >= 4 is 35.0 Å². The number of aromatic nitrogens is 1. The maximum absolute atomic E-state index is 11.8. The van der Waals surface area contributed by atoms with E-state index in [9.17, 15) is 9.59 Å². The Morgan fingerprint density at radius 3 is 2.89 bits per heavy atom. The average molecular weight is 300 g/mol. The number of hydrogen-bond acceptors (Lipinski definition) is 5. The summed E-state index contributed by atoms with van der Waals surface area (Å²) in [4.78, 5) is 28.4. The maximum Gasteiger partial charge on any atom is 0.303 e. The molecular weight excluding hydrogens is 284 g/mol. The molecule has 1 amide bonds. The number of thiazole rings is 1. The van der Waals surface area contributed by atoms with Crippen LogP contribution in [-0.2, 0) is 15.3 Å². The number of aryl methyl sites for hydroxylation is 1. The lowest BCUT2D eigenvalue weighted by molar-refractivity contribution is -0.143. The van der Waals surface area contributed by atoms with E-state index in [4.69, 9.17) is 5.11 Å². The van der Waals surface area contributed by atoms with Crippen LogP contribution >= 0.6 is 23.1 Å². The minimum absolute atomic E-state index is 0.0959. The highest BCUT2D eigenvalue weighted by molar-refractivity contribution is 7.99. The summed E-state index contributed by atoms with van der Waals surface area (Å²) in [7, 11) is 0. The zero-order chi connectivity index (χ0) is 13.8. The zero-order valence-corrected chi connectivity index (χ0v) is 12.3. The van der Waals surface area contributed by atoms with Gasteiger partial charge in [-0.3, -0.25) is 9.59 Å². The van der Waals surface area contributed by atoms with Gasteiger partial charge in [-0.1, -0.05) is 0 Å². The predicted octanol–water partition coefficient (Wildman–Crippen LogP) is 1.62. The van der Waals surface area contributed by atoms with Crippen LogP contribution in [0.5, 0.6) is 0 Å². The van der Waals surface area contributed by atoms with E-state index in [1.807, 2.05) is 12.3 Å². The van der Waals surface area contributed by atoms with E-state index in [0.29, 0.717) is 18.8 Å². The first-order chi connectivity index (χ1) is 9.04. The van der Waals surface area contributed by atoms with Crippen LogP contribution < -0.4 is 0 Å². The number of aliphatic carboxylic acids is 1. The fourth-order valence-electron chi connectivity index (χ4n) is 1.96. The van der Waals surface area contributed by atoms with Gasteiger partial charge < -0.3 is 10.0 Å². The average Bonchev–Trinajstić information content (AvgIpc) is 2.68. The summed E-state index contributed by atoms with van der Waals surface area (Å²) in [6.45, 7) is 3.13. The summed E-state index contributed by atoms with van der Waals surface area (Å²) in [6.07, 6.45) is 0.162. The molecule has 1 fully saturated rings. The molecule has 2 heterocycles. The Labute approximate surface area is 120 Å². The second-order valence-corrected chi connectivity index (χ2v) is 6.66. The topological polar surface area (TPSA) is 70.5 Å². The molecule has 1 N–H and O–H groups in total. The van der Waals surface area contributed by atoms with E-state index < -0.39 is 5.97 Å². The van der Waals surface area contributed by atoms with E-state index in [1.165, 1.54) is 0 Å². The van der Waals surface area contributed by atoms with Crippen LogP contribution in [0.3, 0.4) is 0 Å². The number of amides is 1. The monoisotopic (exact) mass is 300 g/mol. The van der Waals surface area contributed by atoms with Crippen LogP contribution in [0.15, 0.2) is 5.38 Å². The zero-order valence-electron chi connectivity index (χ0n) is 10.7. The molecule has 0 unspecified atom stereocenters. The van der Waals surface area contributed by atoms with Crippen molar-refractivity contribution in [3.8, 4) is 0 Å². The van der Waals surface area contributed by atoms with Crippen LogP contribution in [0.2, 0.25) is 0 Å². The number of rotatable bonds is 6. The molecule has 0 aliphatic carbocycles. The van der Waals surface area contributed by atoms with Gasteiger partial charge in [0.05, 0.1) is 22.9 Å². The van der Waals surface area contributed by atoms with Gasteiger partial charge in [0.2, 0.25) is 5.91 Å². The lowest BCUT2D eigenvalue weighted by Crippen LogP contribution is -2.51. The van der Waals surface area contributed by atoms with Gasteiger partial charge in [0.25, 0.3) is 0 Å². The number of thioether (sulfide) groups is 1. The summed E-state index contributed by atoms with van der Waals surface area (Å²) in [5, 5.41) is 11.7. The Kier molecular flexibility index (Phi) is 4.81. The molecule has 7 heteroatoms. The summed E-state index contributed by atoms with van der Waals surface area (Å²) in [5.41, 5.74) is 1.02. The maximum atomic E-state index is 11.8. The standard InChI is InChI=1S/C12H16N2O3S2/c1-8-13-10(6-19-8)5-18-7-11(15)14-3-9(4-14)2-12(16)17/h6,9H,2-5,7H2,1H3,(H,16,17). The third-order valence-electron chi connectivity index (χ3n) is 2.92. The number of hydrogen-bond donors (Lipinski definition) is 1. The first kappa shape index (κ1) is 14.3. The molecule has 1 aliphatic heterocycles. The molecular formula is C12H16N2O3S2. The van der Waals surface area contributed by atoms with Crippen LogP contribution in [0, 0.1) is 12.8 Å². The minimum Gasteiger partial charge on any atom is -0.481 e. The van der Waals surface area contributed by atoms with Gasteiger partial charge in [-0.15, -0.1) is 23.1 Å². The van der Waals surface area contributed by atoms with Crippen molar-refractivity contribution in [3.63, 3.8) is 0 Å². The molecule has 2 rings (SSSR count). The quantitative estimate of drug-likeness (QED) is 0.864. The number of carboxylic acids is 1. The molecule has 0 saturated carbocycles. The van der Waals surface area contributed by atoms with E-state index in [-0.39, 0.29) is 18.2 Å². The van der Waals surface area contributed by atoms with Crippen LogP contribution in [0.1, 0.15) is 17.1 Å². The Hall–Kier alpha value is -1.08. The first-order valence-electron chi connectivity index (χ1n) is 6.03. The second-order valence-electron chi connectivity index (χ2n) is 4.61. The Balaban J connectivity index is 1.62. The normalized spacial score (nSPS) is 15.3. The number of carbonyl (C=O) groups is 2. The molecule has 19 heavy (non-hydrogen) atoms. The first-order valence-corrected chi connectivity index (χ1v) is 8.06. The molecule has 0 bridgehead atoms. The van der Waals surface area contributed by atoms with Gasteiger partial charge in [-0.25, -0.2) is 4.98 Å². The van der Waals surface area contributed by atoms with Gasteiger partial charge in [-0.05, 0) is 6.92 Å². The molecule has 5 nitrogen and oxygen atoms in total. The highest BCUT2D eigenvalue weighted by atomic mass is 32.2. The van der Waals surface area contributed by atoms with Crippen LogP contribution in [0.4, 0.5) is 0 Å². The molecule has 1 aromatic heterocycles. The summed E-state index contributed by atoms with van der Waals surface area (Å²) < 4.78 is 0. The lowest BCUT2D eigenvalue weighted by Gasteiger charge is -2.38. The Morgan fingerprint density at radius 2 is 2.32 bits per heavy atom. The van der Waals surface area contributed by atoms with Crippen molar-refractivity contribution in [2.24, 2.45) is 5.92 Å². The van der Waals surface area contributed by atoms with Gasteiger partial charge in [0.15, 0.2) is 0 Å². The number of nitrogens with zero attached hydrogens (tertiary/aromatic N) is 2. The van der Waals surface area contributed by atoms with Crippen molar-refractivity contribution in [2.45, 2.75) is 19.1 Å². The van der Waals surface area contributed by atoms with Gasteiger partial charge in [0.1, 0.15) is 0 Å². The van der Waals surface area contributed by atoms with Crippen molar-refractivity contribution in [3.05, 3.63) is 16.1 Å². The molecule has 0 atom stereocenters. The summed E-state index contributed by atoms with van der Waals surface area (Å²) in [5.74, 6) is 0.635. The van der Waals surface area contributed by atoms with E-state index in [2.05, 4.69) is 4.98 Å². The van der Waals surface area contributed by atoms with Crippen LogP contribution in [-0.4, -0.2) is 45.7 Å². The lowest BCUT2D eigenvalue weighted by atomic mass is 9.96. The fraction of sp³-hybridized carbons (Fsp3) is 0.583. The van der Waals surface area contributed by atoms with Gasteiger partial charge in [0, 0.05) is 30.1 Å². The molecule has 0 radical (unpaired) electrons. The smallest absolute Gasteiger partial charge is 0.303 e. The van der Waals surface area contributed by atoms with E-state index in [0.717, 1.165) is 16.5 Å². The summed E-state index contributed by atoms with van der Waals surface area (Å²) in [6, 6.07) is 0. The molecule has 0 aromatic carbocycles. The molecule has 104 valence electrons. The number of carbonyl (C=O) groups excluding carboxylic acids is 1. The van der Waals surface area contributed by atoms with Crippen molar-refractivity contribution in [1.82, 2.24) is 9.88 Å². The molecule has 1 saturated heterocycles. The highest BCUT2D eigenvalue weighted by Crippen LogP contribution is 2.21. The van der Waals surface area contributed by atoms with Gasteiger partial charge >= 0.3 is 5.97 Å². The second kappa shape index (κ2) is 6.38. The van der Waals surface area contributed by atoms with E-state index in [1.54, 1.807) is 28.0 Å². The Bertz CT molecular complexity index is 469. The highest BCUT2D eigenvalue weighted by Gasteiger charge is 2.31. The molecule has 1 aliphatic rings. The fourth-order valence-corrected chi connectivity index (χ4v) is 3.49. The van der Waals surface area contributed by atoms with Crippen molar-refractivity contribution in [1.29, 1.82) is 0 Å². The number of carboxylic acid groups (broad SMARTS) is 1. The van der Waals surface area contributed by atoms with E-state index >= 15 is 0 Å². The number of likely N-dealkylation sites (tertiary alicyclic amines) is 1. The van der Waals surface area contributed by atoms with Crippen molar-refractivity contribution in [2.75, 3.05) is 18.8 Å².